The fraction of sp³-hybridized carbons (Fsp3) is 0.267. The van der Waals surface area contributed by atoms with Gasteiger partial charge in [0, 0.05) is 0 Å². The highest BCUT2D eigenvalue weighted by molar-refractivity contribution is 5.46. The van der Waals surface area contributed by atoms with Gasteiger partial charge in [-0.1, -0.05) is 32.9 Å². The number of nitrogens with two attached hydrogens (primary N) is 1. The number of nitro groups is 1. The minimum absolute atomic E-state index is 0.0468. The number of ether oxygens (including phenoxy) is 1. The van der Waals surface area contributed by atoms with E-state index in [1.165, 1.54) is 17.7 Å². The maximum atomic E-state index is 10.8. The maximum absolute atomic E-state index is 10.8. The lowest BCUT2D eigenvalue weighted by molar-refractivity contribution is -0.384. The normalized spacial score (nSPS) is 11.2. The van der Waals surface area contributed by atoms with Gasteiger partial charge in [-0.15, -0.1) is 0 Å². The van der Waals surface area contributed by atoms with Crippen LogP contribution in [0.5, 0.6) is 11.6 Å². The van der Waals surface area contributed by atoms with E-state index in [0.717, 1.165) is 0 Å². The Morgan fingerprint density at radius 3 is 2.33 bits per heavy atom. The minimum atomic E-state index is -0.534. The van der Waals surface area contributed by atoms with Crippen molar-refractivity contribution in [3.8, 4) is 11.6 Å². The van der Waals surface area contributed by atoms with Crippen molar-refractivity contribution < 1.29 is 9.66 Å². The summed E-state index contributed by atoms with van der Waals surface area (Å²) in [5, 5.41) is 10.8. The largest absolute Gasteiger partial charge is 0.439 e. The molecular weight excluding hydrogens is 270 g/mol. The van der Waals surface area contributed by atoms with Gasteiger partial charge in [-0.05, 0) is 23.1 Å². The van der Waals surface area contributed by atoms with Crippen molar-refractivity contribution in [1.29, 1.82) is 0 Å². The van der Waals surface area contributed by atoms with Crippen molar-refractivity contribution in [3.05, 3.63) is 52.1 Å². The summed E-state index contributed by atoms with van der Waals surface area (Å²) in [5.74, 6) is 0.700. The van der Waals surface area contributed by atoms with Gasteiger partial charge in [0.05, 0.1) is 17.1 Å². The van der Waals surface area contributed by atoms with E-state index in [4.69, 9.17) is 10.5 Å². The SMILES string of the molecule is CC(C)(C)c1ccc(Oc2cc([N+](=O)[O-])cc(N)n2)cc1. The van der Waals surface area contributed by atoms with Crippen LogP contribution in [-0.4, -0.2) is 9.91 Å². The zero-order chi connectivity index (χ0) is 15.6. The van der Waals surface area contributed by atoms with E-state index in [-0.39, 0.29) is 22.8 Å². The van der Waals surface area contributed by atoms with Gasteiger partial charge in [0.2, 0.25) is 5.88 Å². The highest BCUT2D eigenvalue weighted by Crippen LogP contribution is 2.28. The number of anilines is 1. The van der Waals surface area contributed by atoms with Crippen molar-refractivity contribution in [1.82, 2.24) is 4.98 Å². The highest BCUT2D eigenvalue weighted by Gasteiger charge is 2.14. The second-order valence-corrected chi connectivity index (χ2v) is 5.72. The Hall–Kier alpha value is -2.63. The van der Waals surface area contributed by atoms with Gasteiger partial charge in [-0.3, -0.25) is 10.1 Å². The second kappa shape index (κ2) is 5.40. The average molecular weight is 287 g/mol. The fourth-order valence-corrected chi connectivity index (χ4v) is 1.81. The minimum Gasteiger partial charge on any atom is -0.439 e. The molecule has 110 valence electrons. The zero-order valence-corrected chi connectivity index (χ0v) is 12.2. The van der Waals surface area contributed by atoms with Gasteiger partial charge in [-0.25, -0.2) is 0 Å². The molecule has 0 aliphatic heterocycles. The number of rotatable bonds is 3. The van der Waals surface area contributed by atoms with E-state index in [0.29, 0.717) is 5.75 Å². The smallest absolute Gasteiger partial charge is 0.278 e. The molecule has 2 rings (SSSR count). The van der Waals surface area contributed by atoms with Crippen LogP contribution in [0.3, 0.4) is 0 Å². The molecule has 0 fully saturated rings. The van der Waals surface area contributed by atoms with E-state index >= 15 is 0 Å². The lowest BCUT2D eigenvalue weighted by Gasteiger charge is -2.19. The summed E-state index contributed by atoms with van der Waals surface area (Å²) < 4.78 is 5.52. The molecule has 0 aliphatic rings. The van der Waals surface area contributed by atoms with Crippen LogP contribution in [0.15, 0.2) is 36.4 Å². The Morgan fingerprint density at radius 1 is 1.19 bits per heavy atom. The summed E-state index contributed by atoms with van der Waals surface area (Å²) in [7, 11) is 0. The van der Waals surface area contributed by atoms with E-state index in [1.54, 1.807) is 12.1 Å². The van der Waals surface area contributed by atoms with Gasteiger partial charge in [0.15, 0.2) is 0 Å². The highest BCUT2D eigenvalue weighted by atomic mass is 16.6. The quantitative estimate of drug-likeness (QED) is 0.687. The average Bonchev–Trinajstić information content (AvgIpc) is 2.37. The van der Waals surface area contributed by atoms with Crippen LogP contribution >= 0.6 is 0 Å². The lowest BCUT2D eigenvalue weighted by Crippen LogP contribution is -2.10. The number of benzene rings is 1. The standard InChI is InChI=1S/C15H17N3O3/c1-15(2,3)10-4-6-12(7-5-10)21-14-9-11(18(19)20)8-13(16)17-14/h4-9H,1-3H3,(H2,16,17). The zero-order valence-electron chi connectivity index (χ0n) is 12.2. The first-order valence-corrected chi connectivity index (χ1v) is 6.46. The molecule has 0 atom stereocenters. The van der Waals surface area contributed by atoms with Crippen LogP contribution in [0.2, 0.25) is 0 Å². The third-order valence-corrected chi connectivity index (χ3v) is 2.96. The van der Waals surface area contributed by atoms with Crippen LogP contribution in [-0.2, 0) is 5.41 Å². The Bertz CT molecular complexity index is 661. The maximum Gasteiger partial charge on any atom is 0.278 e. The van der Waals surface area contributed by atoms with Crippen LogP contribution in [0.25, 0.3) is 0 Å². The van der Waals surface area contributed by atoms with Crippen molar-refractivity contribution in [3.63, 3.8) is 0 Å². The Labute approximate surface area is 122 Å². The van der Waals surface area contributed by atoms with E-state index < -0.39 is 4.92 Å². The van der Waals surface area contributed by atoms with Gasteiger partial charge in [-0.2, -0.15) is 4.98 Å². The first kappa shape index (κ1) is 14.8. The molecule has 6 nitrogen and oxygen atoms in total. The predicted molar refractivity (Wildman–Crippen MR) is 80.5 cm³/mol. The molecule has 0 spiro atoms. The second-order valence-electron chi connectivity index (χ2n) is 5.72. The lowest BCUT2D eigenvalue weighted by atomic mass is 9.87. The van der Waals surface area contributed by atoms with Gasteiger partial charge < -0.3 is 10.5 Å². The summed E-state index contributed by atoms with van der Waals surface area (Å²) in [4.78, 5) is 14.2. The molecule has 0 saturated carbocycles. The molecule has 6 heteroatoms. The van der Waals surface area contributed by atoms with Crippen LogP contribution in [0, 0.1) is 10.1 Å². The molecule has 1 aromatic heterocycles. The molecule has 0 bridgehead atoms. The molecule has 0 aliphatic carbocycles. The number of nitrogens with zero attached hydrogens (tertiary/aromatic N) is 2. The summed E-state index contributed by atoms with van der Waals surface area (Å²) in [6, 6.07) is 9.95. The number of aromatic nitrogens is 1. The molecule has 0 saturated heterocycles. The van der Waals surface area contributed by atoms with Crippen molar-refractivity contribution >= 4 is 11.5 Å². The monoisotopic (exact) mass is 287 g/mol. The first-order chi connectivity index (χ1) is 9.75. The topological polar surface area (TPSA) is 91.3 Å². The summed E-state index contributed by atoms with van der Waals surface area (Å²) in [6.07, 6.45) is 0. The summed E-state index contributed by atoms with van der Waals surface area (Å²) in [6.45, 7) is 6.35. The van der Waals surface area contributed by atoms with Crippen molar-refractivity contribution in [2.75, 3.05) is 5.73 Å². The Morgan fingerprint density at radius 2 is 1.81 bits per heavy atom. The number of hydrogen-bond donors (Lipinski definition) is 1. The number of nitrogen functional groups attached to an aromatic ring is 1. The van der Waals surface area contributed by atoms with Crippen molar-refractivity contribution in [2.24, 2.45) is 0 Å². The van der Waals surface area contributed by atoms with Crippen LogP contribution in [0.4, 0.5) is 11.5 Å². The molecule has 21 heavy (non-hydrogen) atoms. The Kier molecular flexibility index (Phi) is 3.80. The van der Waals surface area contributed by atoms with Crippen LogP contribution in [0.1, 0.15) is 26.3 Å². The number of pyridine rings is 1. The third-order valence-electron chi connectivity index (χ3n) is 2.96. The molecule has 2 aromatic rings. The van der Waals surface area contributed by atoms with Gasteiger partial charge in [0.25, 0.3) is 5.69 Å². The molecule has 0 radical (unpaired) electrons. The van der Waals surface area contributed by atoms with Crippen LogP contribution < -0.4 is 10.5 Å². The molecular formula is C15H17N3O3. The Balaban J connectivity index is 2.24. The van der Waals surface area contributed by atoms with E-state index in [2.05, 4.69) is 25.8 Å². The first-order valence-electron chi connectivity index (χ1n) is 6.46. The molecule has 0 unspecified atom stereocenters. The fourth-order valence-electron chi connectivity index (χ4n) is 1.81. The third kappa shape index (κ3) is 3.68. The molecule has 2 N–H and O–H groups in total. The van der Waals surface area contributed by atoms with Crippen molar-refractivity contribution in [2.45, 2.75) is 26.2 Å². The van der Waals surface area contributed by atoms with Gasteiger partial charge in [0.1, 0.15) is 11.6 Å². The predicted octanol–water partition coefficient (Wildman–Crippen LogP) is 3.66. The van der Waals surface area contributed by atoms with E-state index in [1.807, 2.05) is 12.1 Å². The number of hydrogen-bond acceptors (Lipinski definition) is 5. The molecule has 0 amide bonds. The molecule has 1 heterocycles. The molecule has 1 aromatic carbocycles. The summed E-state index contributed by atoms with van der Waals surface area (Å²) in [5.41, 5.74) is 6.60. The van der Waals surface area contributed by atoms with Gasteiger partial charge >= 0.3 is 0 Å². The van der Waals surface area contributed by atoms with E-state index in [9.17, 15) is 10.1 Å². The summed E-state index contributed by atoms with van der Waals surface area (Å²) >= 11 is 0.